The molecule has 0 saturated carbocycles. The van der Waals surface area contributed by atoms with Crippen molar-refractivity contribution in [3.05, 3.63) is 17.5 Å². The summed E-state index contributed by atoms with van der Waals surface area (Å²) in [6.07, 6.45) is -0.213. The molecule has 1 aliphatic heterocycles. The zero-order chi connectivity index (χ0) is 14.0. The van der Waals surface area contributed by atoms with E-state index in [1.807, 2.05) is 13.0 Å². The Morgan fingerprint density at radius 1 is 1.53 bits per heavy atom. The molecule has 1 fully saturated rings. The minimum Gasteiger partial charge on any atom is -0.391 e. The number of aryl methyl sites for hydroxylation is 1. The molecule has 6 heteroatoms. The zero-order valence-electron chi connectivity index (χ0n) is 11.6. The largest absolute Gasteiger partial charge is 0.391 e. The van der Waals surface area contributed by atoms with E-state index in [4.69, 9.17) is 22.7 Å². The molecule has 0 radical (unpaired) electrons. The van der Waals surface area contributed by atoms with Crippen LogP contribution in [-0.2, 0) is 4.74 Å². The molecule has 2 rings (SSSR count). The topological polar surface area (TPSA) is 64.3 Å². The fourth-order valence-electron chi connectivity index (χ4n) is 2.02. The van der Waals surface area contributed by atoms with Crippen molar-refractivity contribution in [2.24, 2.45) is 5.73 Å². The average molecular weight is 280 g/mol. The summed E-state index contributed by atoms with van der Waals surface area (Å²) in [6.45, 7) is 8.22. The highest BCUT2D eigenvalue weighted by Gasteiger charge is 2.24. The van der Waals surface area contributed by atoms with Crippen molar-refractivity contribution in [3.63, 3.8) is 0 Å². The molecule has 0 aliphatic carbocycles. The fourth-order valence-corrected chi connectivity index (χ4v) is 2.16. The minimum absolute atomic E-state index is 0.213. The van der Waals surface area contributed by atoms with Crippen molar-refractivity contribution in [1.82, 2.24) is 9.97 Å². The maximum absolute atomic E-state index is 5.65. The van der Waals surface area contributed by atoms with Gasteiger partial charge in [-0.25, -0.2) is 9.97 Å². The predicted octanol–water partition coefficient (Wildman–Crippen LogP) is 1.40. The van der Waals surface area contributed by atoms with Crippen molar-refractivity contribution in [2.45, 2.75) is 32.8 Å². The Bertz CT molecular complexity index is 478. The van der Waals surface area contributed by atoms with Gasteiger partial charge in [-0.2, -0.15) is 0 Å². The van der Waals surface area contributed by atoms with Gasteiger partial charge < -0.3 is 15.4 Å². The molecule has 1 aliphatic rings. The van der Waals surface area contributed by atoms with Crippen LogP contribution in [0.25, 0.3) is 0 Å². The van der Waals surface area contributed by atoms with Crippen LogP contribution in [0, 0.1) is 6.92 Å². The number of aromatic nitrogens is 2. The Morgan fingerprint density at radius 3 is 2.89 bits per heavy atom. The molecular weight excluding hydrogens is 260 g/mol. The van der Waals surface area contributed by atoms with E-state index in [2.05, 4.69) is 28.7 Å². The summed E-state index contributed by atoms with van der Waals surface area (Å²) in [4.78, 5) is 11.6. The molecular formula is C13H20N4OS. The summed E-state index contributed by atoms with van der Waals surface area (Å²) < 4.78 is 5.54. The third-order valence-electron chi connectivity index (χ3n) is 3.12. The number of morpholine rings is 1. The highest BCUT2D eigenvalue weighted by molar-refractivity contribution is 7.80. The predicted molar refractivity (Wildman–Crippen MR) is 79.6 cm³/mol. The van der Waals surface area contributed by atoms with Crippen molar-refractivity contribution >= 4 is 23.2 Å². The Balaban J connectivity index is 2.23. The molecule has 2 N–H and O–H groups in total. The van der Waals surface area contributed by atoms with Crippen LogP contribution in [0.4, 0.5) is 5.95 Å². The molecule has 0 spiro atoms. The van der Waals surface area contributed by atoms with Crippen molar-refractivity contribution in [1.29, 1.82) is 0 Å². The summed E-state index contributed by atoms with van der Waals surface area (Å²) >= 11 is 5.00. The fraction of sp³-hybridized carbons (Fsp3) is 0.615. The van der Waals surface area contributed by atoms with Gasteiger partial charge >= 0.3 is 0 Å². The SMILES string of the molecule is Cc1cc(C(C)C)nc(N2CCOC(C(N)=S)C2)n1. The average Bonchev–Trinajstić information content (AvgIpc) is 2.38. The Labute approximate surface area is 119 Å². The lowest BCUT2D eigenvalue weighted by Crippen LogP contribution is -2.48. The van der Waals surface area contributed by atoms with E-state index < -0.39 is 0 Å². The minimum atomic E-state index is -0.213. The first-order valence-corrected chi connectivity index (χ1v) is 6.89. The molecule has 0 bridgehead atoms. The second-order valence-electron chi connectivity index (χ2n) is 5.10. The normalized spacial score (nSPS) is 19.8. The number of hydrogen-bond donors (Lipinski definition) is 1. The van der Waals surface area contributed by atoms with Gasteiger partial charge in [0.1, 0.15) is 11.1 Å². The van der Waals surface area contributed by atoms with Crippen LogP contribution in [0.5, 0.6) is 0 Å². The van der Waals surface area contributed by atoms with Crippen molar-refractivity contribution < 1.29 is 4.74 Å². The van der Waals surface area contributed by atoms with E-state index in [1.54, 1.807) is 0 Å². The van der Waals surface area contributed by atoms with E-state index in [1.165, 1.54) is 0 Å². The van der Waals surface area contributed by atoms with Crippen molar-refractivity contribution in [2.75, 3.05) is 24.6 Å². The van der Waals surface area contributed by atoms with Gasteiger partial charge in [0.15, 0.2) is 0 Å². The number of nitrogens with two attached hydrogens (primary N) is 1. The maximum atomic E-state index is 5.65. The number of rotatable bonds is 3. The molecule has 0 amide bonds. The van der Waals surface area contributed by atoms with Crippen LogP contribution >= 0.6 is 12.2 Å². The quantitative estimate of drug-likeness (QED) is 0.844. The highest BCUT2D eigenvalue weighted by atomic mass is 32.1. The molecule has 104 valence electrons. The highest BCUT2D eigenvalue weighted by Crippen LogP contribution is 2.18. The van der Waals surface area contributed by atoms with Crippen LogP contribution in [0.3, 0.4) is 0 Å². The maximum Gasteiger partial charge on any atom is 0.225 e. The first-order valence-electron chi connectivity index (χ1n) is 6.49. The zero-order valence-corrected chi connectivity index (χ0v) is 12.4. The van der Waals surface area contributed by atoms with E-state index >= 15 is 0 Å². The van der Waals surface area contributed by atoms with E-state index in [0.29, 0.717) is 24.1 Å². The molecule has 1 aromatic heterocycles. The van der Waals surface area contributed by atoms with Crippen LogP contribution in [-0.4, -0.2) is 40.8 Å². The molecule has 2 heterocycles. The van der Waals surface area contributed by atoms with Crippen LogP contribution < -0.4 is 10.6 Å². The van der Waals surface area contributed by atoms with Gasteiger partial charge in [0, 0.05) is 17.9 Å². The van der Waals surface area contributed by atoms with Gasteiger partial charge in [-0.05, 0) is 18.9 Å². The van der Waals surface area contributed by atoms with Crippen molar-refractivity contribution in [3.8, 4) is 0 Å². The Kier molecular flexibility index (Phi) is 4.31. The third-order valence-corrected chi connectivity index (χ3v) is 3.38. The Morgan fingerprint density at radius 2 is 2.26 bits per heavy atom. The summed E-state index contributed by atoms with van der Waals surface area (Å²) in [7, 11) is 0. The molecule has 1 unspecified atom stereocenters. The molecule has 1 atom stereocenters. The first-order chi connectivity index (χ1) is 8.97. The van der Waals surface area contributed by atoms with E-state index in [-0.39, 0.29) is 6.10 Å². The molecule has 0 aromatic carbocycles. The van der Waals surface area contributed by atoms with E-state index in [9.17, 15) is 0 Å². The van der Waals surface area contributed by atoms with E-state index in [0.717, 1.165) is 23.9 Å². The Hall–Kier alpha value is -1.27. The van der Waals surface area contributed by atoms with Gasteiger partial charge in [0.05, 0.1) is 13.2 Å². The molecule has 1 saturated heterocycles. The van der Waals surface area contributed by atoms with Gasteiger partial charge in [-0.15, -0.1) is 0 Å². The van der Waals surface area contributed by atoms with Crippen LogP contribution in [0.1, 0.15) is 31.2 Å². The van der Waals surface area contributed by atoms with Gasteiger partial charge in [0.25, 0.3) is 0 Å². The second-order valence-corrected chi connectivity index (χ2v) is 5.57. The monoisotopic (exact) mass is 280 g/mol. The molecule has 19 heavy (non-hydrogen) atoms. The summed E-state index contributed by atoms with van der Waals surface area (Å²) in [6, 6.07) is 2.03. The third kappa shape index (κ3) is 3.39. The molecule has 1 aromatic rings. The summed E-state index contributed by atoms with van der Waals surface area (Å²) in [5, 5.41) is 0. The summed E-state index contributed by atoms with van der Waals surface area (Å²) in [5.41, 5.74) is 7.69. The number of ether oxygens (including phenoxy) is 1. The lowest BCUT2D eigenvalue weighted by Gasteiger charge is -2.32. The number of thiocarbonyl (C=S) groups is 1. The first kappa shape index (κ1) is 14.1. The van der Waals surface area contributed by atoms with Crippen LogP contribution in [0.2, 0.25) is 0 Å². The standard InChI is InChI=1S/C13H20N4OS/c1-8(2)10-6-9(3)15-13(16-10)17-4-5-18-11(7-17)12(14)19/h6,8,11H,4-5,7H2,1-3H3,(H2,14,19). The van der Waals surface area contributed by atoms with Gasteiger partial charge in [-0.1, -0.05) is 26.1 Å². The number of anilines is 1. The lowest BCUT2D eigenvalue weighted by molar-refractivity contribution is 0.0840. The number of hydrogen-bond acceptors (Lipinski definition) is 5. The molecule has 5 nitrogen and oxygen atoms in total. The van der Waals surface area contributed by atoms with Gasteiger partial charge in [-0.3, -0.25) is 0 Å². The number of nitrogens with zero attached hydrogens (tertiary/aromatic N) is 3. The lowest BCUT2D eigenvalue weighted by atomic mass is 10.1. The summed E-state index contributed by atoms with van der Waals surface area (Å²) in [5.74, 6) is 1.13. The van der Waals surface area contributed by atoms with Gasteiger partial charge in [0.2, 0.25) is 5.95 Å². The smallest absolute Gasteiger partial charge is 0.225 e. The second kappa shape index (κ2) is 5.79. The van der Waals surface area contributed by atoms with Crippen LogP contribution in [0.15, 0.2) is 6.07 Å².